The van der Waals surface area contributed by atoms with Crippen molar-refractivity contribution in [1.82, 2.24) is 15.2 Å². The lowest BCUT2D eigenvalue weighted by atomic mass is 10.0. The van der Waals surface area contributed by atoms with Crippen LogP contribution in [-0.4, -0.2) is 26.2 Å². The molecular weight excluding hydrogens is 332 g/mol. The SMILES string of the molecule is CC(Sc1n[nH]c(CC2CCCC2)n1)C(=O)c1ccc(F)c(F)c1. The predicted molar refractivity (Wildman–Crippen MR) is 88.1 cm³/mol. The van der Waals surface area contributed by atoms with E-state index in [1.54, 1.807) is 6.92 Å². The van der Waals surface area contributed by atoms with E-state index in [1.807, 2.05) is 0 Å². The van der Waals surface area contributed by atoms with Gasteiger partial charge in [0.1, 0.15) is 5.82 Å². The molecule has 4 nitrogen and oxygen atoms in total. The van der Waals surface area contributed by atoms with Crippen LogP contribution in [0.1, 0.15) is 48.8 Å². The number of Topliss-reactive ketones (excluding diaryl/α,β-unsaturated/α-hetero) is 1. The zero-order valence-corrected chi connectivity index (χ0v) is 14.2. The summed E-state index contributed by atoms with van der Waals surface area (Å²) in [4.78, 5) is 16.8. The largest absolute Gasteiger partial charge is 0.293 e. The second kappa shape index (κ2) is 7.42. The van der Waals surface area contributed by atoms with Crippen LogP contribution in [-0.2, 0) is 6.42 Å². The van der Waals surface area contributed by atoms with E-state index in [1.165, 1.54) is 43.5 Å². The first-order valence-corrected chi connectivity index (χ1v) is 8.98. The molecule has 1 aromatic heterocycles. The summed E-state index contributed by atoms with van der Waals surface area (Å²) in [5.41, 5.74) is 0.149. The Labute approximate surface area is 143 Å². The summed E-state index contributed by atoms with van der Waals surface area (Å²) in [6.07, 6.45) is 5.90. The van der Waals surface area contributed by atoms with Crippen molar-refractivity contribution in [2.45, 2.75) is 49.4 Å². The first-order chi connectivity index (χ1) is 11.5. The van der Waals surface area contributed by atoms with Crippen LogP contribution in [0.3, 0.4) is 0 Å². The van der Waals surface area contributed by atoms with Gasteiger partial charge in [-0.15, -0.1) is 5.10 Å². The van der Waals surface area contributed by atoms with Gasteiger partial charge in [0, 0.05) is 12.0 Å². The van der Waals surface area contributed by atoms with Gasteiger partial charge < -0.3 is 0 Å². The zero-order valence-electron chi connectivity index (χ0n) is 13.4. The maximum atomic E-state index is 13.3. The topological polar surface area (TPSA) is 58.6 Å². The van der Waals surface area contributed by atoms with E-state index in [2.05, 4.69) is 15.2 Å². The van der Waals surface area contributed by atoms with Crippen LogP contribution in [0.2, 0.25) is 0 Å². The lowest BCUT2D eigenvalue weighted by molar-refractivity contribution is 0.0993. The Morgan fingerprint density at radius 3 is 2.79 bits per heavy atom. The van der Waals surface area contributed by atoms with Crippen LogP contribution in [0.4, 0.5) is 8.78 Å². The molecule has 2 aromatic rings. The number of rotatable bonds is 6. The van der Waals surface area contributed by atoms with E-state index in [-0.39, 0.29) is 11.3 Å². The van der Waals surface area contributed by atoms with Crippen molar-refractivity contribution in [3.63, 3.8) is 0 Å². The van der Waals surface area contributed by atoms with E-state index in [0.717, 1.165) is 24.4 Å². The highest BCUT2D eigenvalue weighted by atomic mass is 32.2. The van der Waals surface area contributed by atoms with Gasteiger partial charge in [0.05, 0.1) is 5.25 Å². The number of halogens is 2. The second-order valence-electron chi connectivity index (χ2n) is 6.17. The third-order valence-corrected chi connectivity index (χ3v) is 5.28. The van der Waals surface area contributed by atoms with Crippen molar-refractivity contribution in [3.8, 4) is 0 Å². The molecule has 0 bridgehead atoms. The van der Waals surface area contributed by atoms with Crippen LogP contribution in [0.5, 0.6) is 0 Å². The Bertz CT molecular complexity index is 728. The number of carbonyl (C=O) groups excluding carboxylic acids is 1. The molecule has 1 aliphatic carbocycles. The number of benzene rings is 1. The van der Waals surface area contributed by atoms with Crippen LogP contribution in [0, 0.1) is 17.6 Å². The number of hydrogen-bond acceptors (Lipinski definition) is 4. The van der Waals surface area contributed by atoms with Crippen molar-refractivity contribution >= 4 is 17.5 Å². The fraction of sp³-hybridized carbons (Fsp3) is 0.471. The molecule has 0 aliphatic heterocycles. The smallest absolute Gasteiger partial charge is 0.209 e. The number of thioether (sulfide) groups is 1. The molecule has 3 rings (SSSR count). The molecule has 1 unspecified atom stereocenters. The molecule has 0 amide bonds. The molecule has 1 atom stereocenters. The number of aromatic nitrogens is 3. The monoisotopic (exact) mass is 351 g/mol. The Kier molecular flexibility index (Phi) is 5.28. The van der Waals surface area contributed by atoms with Gasteiger partial charge in [-0.2, -0.15) is 0 Å². The van der Waals surface area contributed by atoms with Crippen LogP contribution >= 0.6 is 11.8 Å². The fourth-order valence-corrected chi connectivity index (χ4v) is 3.83. The molecule has 1 heterocycles. The molecule has 0 saturated heterocycles. The first kappa shape index (κ1) is 17.1. The predicted octanol–water partition coefficient (Wildman–Crippen LogP) is 4.18. The van der Waals surface area contributed by atoms with Gasteiger partial charge in [-0.1, -0.05) is 37.4 Å². The van der Waals surface area contributed by atoms with Crippen LogP contribution < -0.4 is 0 Å². The molecule has 24 heavy (non-hydrogen) atoms. The normalized spacial score (nSPS) is 16.5. The molecular formula is C17H19F2N3OS. The molecule has 1 aliphatic rings. The number of nitrogens with zero attached hydrogens (tertiary/aromatic N) is 2. The molecule has 0 radical (unpaired) electrons. The Balaban J connectivity index is 1.61. The molecule has 7 heteroatoms. The maximum absolute atomic E-state index is 13.3. The van der Waals surface area contributed by atoms with Gasteiger partial charge >= 0.3 is 0 Å². The summed E-state index contributed by atoms with van der Waals surface area (Å²) >= 11 is 1.22. The fourth-order valence-electron chi connectivity index (χ4n) is 3.01. The molecule has 0 spiro atoms. The first-order valence-electron chi connectivity index (χ1n) is 8.10. The lowest BCUT2D eigenvalue weighted by Gasteiger charge is -2.08. The average Bonchev–Trinajstić information content (AvgIpc) is 3.22. The number of ketones is 1. The number of carbonyl (C=O) groups is 1. The molecule has 1 fully saturated rings. The summed E-state index contributed by atoms with van der Waals surface area (Å²) in [6.45, 7) is 1.71. The molecule has 1 N–H and O–H groups in total. The number of hydrogen-bond donors (Lipinski definition) is 1. The summed E-state index contributed by atoms with van der Waals surface area (Å²) in [5.74, 6) is -0.748. The average molecular weight is 351 g/mol. The van der Waals surface area contributed by atoms with Gasteiger partial charge in [-0.25, -0.2) is 13.8 Å². The van der Waals surface area contributed by atoms with Crippen molar-refractivity contribution in [2.24, 2.45) is 5.92 Å². The van der Waals surface area contributed by atoms with E-state index in [0.29, 0.717) is 11.1 Å². The number of H-pyrrole nitrogens is 1. The van der Waals surface area contributed by atoms with Crippen LogP contribution in [0.15, 0.2) is 23.4 Å². The molecule has 1 aromatic carbocycles. The van der Waals surface area contributed by atoms with Gasteiger partial charge in [0.15, 0.2) is 17.4 Å². The standard InChI is InChI=1S/C17H19F2N3OS/c1-10(16(23)12-6-7-13(18)14(19)9-12)24-17-20-15(21-22-17)8-11-4-2-3-5-11/h6-7,9-11H,2-5,8H2,1H3,(H,20,21,22). The molecule has 128 valence electrons. The van der Waals surface area contributed by atoms with E-state index >= 15 is 0 Å². The highest BCUT2D eigenvalue weighted by Crippen LogP contribution is 2.28. The minimum atomic E-state index is -1.02. The highest BCUT2D eigenvalue weighted by Gasteiger charge is 2.21. The van der Waals surface area contributed by atoms with Crippen molar-refractivity contribution in [2.75, 3.05) is 0 Å². The van der Waals surface area contributed by atoms with Crippen molar-refractivity contribution in [3.05, 3.63) is 41.2 Å². The van der Waals surface area contributed by atoms with E-state index in [9.17, 15) is 13.6 Å². The summed E-state index contributed by atoms with van der Waals surface area (Å²) in [6, 6.07) is 3.19. The number of aromatic amines is 1. The quantitative estimate of drug-likeness (QED) is 0.626. The van der Waals surface area contributed by atoms with E-state index < -0.39 is 16.9 Å². The Morgan fingerprint density at radius 1 is 1.33 bits per heavy atom. The van der Waals surface area contributed by atoms with Crippen LogP contribution in [0.25, 0.3) is 0 Å². The van der Waals surface area contributed by atoms with Gasteiger partial charge in [-0.05, 0) is 31.0 Å². The summed E-state index contributed by atoms with van der Waals surface area (Å²) in [5, 5.41) is 7.10. The van der Waals surface area contributed by atoms with Crippen molar-refractivity contribution < 1.29 is 13.6 Å². The summed E-state index contributed by atoms with van der Waals surface area (Å²) < 4.78 is 26.2. The van der Waals surface area contributed by atoms with Gasteiger partial charge in [0.25, 0.3) is 0 Å². The van der Waals surface area contributed by atoms with E-state index in [4.69, 9.17) is 0 Å². The van der Waals surface area contributed by atoms with Gasteiger partial charge in [0.2, 0.25) is 5.16 Å². The third kappa shape index (κ3) is 4.01. The zero-order chi connectivity index (χ0) is 17.1. The second-order valence-corrected chi connectivity index (χ2v) is 7.48. The number of nitrogens with one attached hydrogen (secondary N) is 1. The third-order valence-electron chi connectivity index (χ3n) is 4.32. The van der Waals surface area contributed by atoms with Crippen molar-refractivity contribution in [1.29, 1.82) is 0 Å². The highest BCUT2D eigenvalue weighted by molar-refractivity contribution is 8.00. The minimum Gasteiger partial charge on any atom is -0.293 e. The Morgan fingerprint density at radius 2 is 2.08 bits per heavy atom. The molecule has 1 saturated carbocycles. The van der Waals surface area contributed by atoms with Gasteiger partial charge in [-0.3, -0.25) is 9.89 Å². The maximum Gasteiger partial charge on any atom is 0.209 e. The Hall–Kier alpha value is -1.76. The lowest BCUT2D eigenvalue weighted by Crippen LogP contribution is -2.14. The minimum absolute atomic E-state index is 0.149. The summed E-state index contributed by atoms with van der Waals surface area (Å²) in [7, 11) is 0.